The third-order valence-corrected chi connectivity index (χ3v) is 9.92. The van der Waals surface area contributed by atoms with Crippen LogP contribution in [0.1, 0.15) is 106 Å². The second kappa shape index (κ2) is 14.3. The molecule has 2 heterocycles. The van der Waals surface area contributed by atoms with Gasteiger partial charge in [0.15, 0.2) is 0 Å². The van der Waals surface area contributed by atoms with Crippen LogP contribution in [0.3, 0.4) is 0 Å². The van der Waals surface area contributed by atoms with E-state index < -0.39 is 0 Å². The first-order valence-corrected chi connectivity index (χ1v) is 16.4. The van der Waals surface area contributed by atoms with Crippen LogP contribution in [0.2, 0.25) is 10.0 Å². The van der Waals surface area contributed by atoms with Gasteiger partial charge in [0, 0.05) is 20.9 Å². The molecule has 2 aromatic carbocycles. The Labute approximate surface area is 250 Å². The Morgan fingerprint density at radius 2 is 1.23 bits per heavy atom. The fraction of sp³-hybridized carbons (Fsp3) is 0.484. The van der Waals surface area contributed by atoms with Gasteiger partial charge in [-0.05, 0) is 50.5 Å². The third-order valence-electron chi connectivity index (χ3n) is 6.90. The zero-order valence-corrected chi connectivity index (χ0v) is 26.0. The van der Waals surface area contributed by atoms with Crippen molar-refractivity contribution in [3.05, 3.63) is 55.2 Å². The van der Waals surface area contributed by atoms with E-state index in [-0.39, 0.29) is 17.7 Å². The van der Waals surface area contributed by atoms with Crippen LogP contribution < -0.4 is 9.47 Å². The van der Waals surface area contributed by atoms with E-state index in [9.17, 15) is 9.59 Å². The number of ketones is 2. The maximum absolute atomic E-state index is 13.4. The maximum atomic E-state index is 13.4. The summed E-state index contributed by atoms with van der Waals surface area (Å²) in [6.07, 6.45) is 11.4. The van der Waals surface area contributed by atoms with Crippen LogP contribution in [-0.2, 0) is 0 Å². The molecule has 210 valence electrons. The topological polar surface area (TPSA) is 52.6 Å². The van der Waals surface area contributed by atoms with Crippen LogP contribution in [0, 0.1) is 0 Å². The monoisotopic (exact) mass is 606 g/mol. The lowest BCUT2D eigenvalue weighted by Crippen LogP contribution is -2.12. The van der Waals surface area contributed by atoms with Gasteiger partial charge in [-0.1, -0.05) is 106 Å². The molecule has 2 aliphatic rings. The molecule has 0 saturated carbocycles. The summed E-state index contributed by atoms with van der Waals surface area (Å²) in [6, 6.07) is 6.98. The van der Waals surface area contributed by atoms with Gasteiger partial charge in [0.1, 0.15) is 11.5 Å². The van der Waals surface area contributed by atoms with Crippen molar-refractivity contribution >= 4 is 58.3 Å². The number of thioether (sulfide) groups is 2. The Kier molecular flexibility index (Phi) is 11.2. The molecule has 0 spiro atoms. The summed E-state index contributed by atoms with van der Waals surface area (Å²) >= 11 is 15.6. The number of carbonyl (C=O) groups excluding carboxylic acids is 2. The highest BCUT2D eigenvalue weighted by molar-refractivity contribution is 8.08. The van der Waals surface area contributed by atoms with Gasteiger partial charge in [-0.15, -0.1) is 0 Å². The lowest BCUT2D eigenvalue weighted by molar-refractivity contribution is 0.101. The molecule has 0 bridgehead atoms. The highest BCUT2D eigenvalue weighted by Gasteiger charge is 2.37. The number of fused-ring (bicyclic) bond motifs is 2. The number of rotatable bonds is 14. The van der Waals surface area contributed by atoms with Crippen molar-refractivity contribution in [1.29, 1.82) is 0 Å². The van der Waals surface area contributed by atoms with Gasteiger partial charge in [-0.25, -0.2) is 0 Å². The molecular formula is C31H36Cl2O4S2. The summed E-state index contributed by atoms with van der Waals surface area (Å²) in [5.74, 6) is 0.773. The van der Waals surface area contributed by atoms with Crippen LogP contribution in [-0.4, -0.2) is 24.3 Å². The Bertz CT molecular complexity index is 1260. The molecule has 2 aromatic rings. The minimum absolute atomic E-state index is 0.0244. The van der Waals surface area contributed by atoms with Crippen LogP contribution in [0.4, 0.5) is 0 Å². The van der Waals surface area contributed by atoms with Crippen molar-refractivity contribution in [2.45, 2.75) is 101 Å². The summed E-state index contributed by atoms with van der Waals surface area (Å²) in [7, 11) is 0. The number of ether oxygens (including phenoxy) is 2. The average Bonchev–Trinajstić information content (AvgIpc) is 3.39. The van der Waals surface area contributed by atoms with E-state index in [1.54, 1.807) is 12.1 Å². The van der Waals surface area contributed by atoms with Gasteiger partial charge < -0.3 is 9.47 Å². The molecule has 8 heteroatoms. The van der Waals surface area contributed by atoms with Gasteiger partial charge >= 0.3 is 0 Å². The summed E-state index contributed by atoms with van der Waals surface area (Å²) in [4.78, 5) is 29.1. The van der Waals surface area contributed by atoms with Crippen molar-refractivity contribution in [2.75, 3.05) is 6.61 Å². The van der Waals surface area contributed by atoms with Gasteiger partial charge in [-0.3, -0.25) is 9.59 Å². The third kappa shape index (κ3) is 7.38. The van der Waals surface area contributed by atoms with Crippen LogP contribution in [0.5, 0.6) is 11.5 Å². The number of benzene rings is 2. The largest absolute Gasteiger partial charge is 0.492 e. The first kappa shape index (κ1) is 30.4. The zero-order valence-electron chi connectivity index (χ0n) is 22.9. The molecule has 1 atom stereocenters. The molecule has 0 fully saturated rings. The molecule has 39 heavy (non-hydrogen) atoms. The Morgan fingerprint density at radius 3 is 1.82 bits per heavy atom. The SMILES string of the molecule is CCCCCCCOc1cc2c(cc1Cl)C(=O)/C(=C1/Sc3cc(O[C@H](C)CCCCCC)c(Cl)cc3C1=O)S2. The molecule has 0 N–H and O–H groups in total. The first-order valence-electron chi connectivity index (χ1n) is 14.0. The van der Waals surface area contributed by atoms with E-state index in [2.05, 4.69) is 13.8 Å². The Morgan fingerprint density at radius 1 is 0.718 bits per heavy atom. The van der Waals surface area contributed by atoms with Crippen molar-refractivity contribution in [2.24, 2.45) is 0 Å². The van der Waals surface area contributed by atoms with Gasteiger partial charge in [0.25, 0.3) is 0 Å². The lowest BCUT2D eigenvalue weighted by Gasteiger charge is -2.16. The average molecular weight is 608 g/mol. The highest BCUT2D eigenvalue weighted by Crippen LogP contribution is 2.52. The van der Waals surface area contributed by atoms with Gasteiger partial charge in [-0.2, -0.15) is 0 Å². The molecule has 2 aliphatic heterocycles. The maximum Gasteiger partial charge on any atom is 0.202 e. The van der Waals surface area contributed by atoms with Crippen LogP contribution in [0.25, 0.3) is 0 Å². The van der Waals surface area contributed by atoms with E-state index in [1.807, 2.05) is 19.1 Å². The van der Waals surface area contributed by atoms with Crippen LogP contribution in [0.15, 0.2) is 43.9 Å². The first-order chi connectivity index (χ1) is 18.8. The van der Waals surface area contributed by atoms with Crippen LogP contribution >= 0.6 is 46.7 Å². The van der Waals surface area contributed by atoms with Crippen molar-refractivity contribution in [3.63, 3.8) is 0 Å². The van der Waals surface area contributed by atoms with E-state index in [1.165, 1.54) is 62.0 Å². The molecular weight excluding hydrogens is 571 g/mol. The normalized spacial score (nSPS) is 16.9. The number of unbranched alkanes of at least 4 members (excludes halogenated alkanes) is 7. The summed E-state index contributed by atoms with van der Waals surface area (Å²) in [6.45, 7) is 7.02. The second-order valence-electron chi connectivity index (χ2n) is 10.1. The predicted molar refractivity (Wildman–Crippen MR) is 163 cm³/mol. The summed E-state index contributed by atoms with van der Waals surface area (Å²) in [5, 5.41) is 0.819. The highest BCUT2D eigenvalue weighted by atomic mass is 35.5. The quantitative estimate of drug-likeness (QED) is 0.157. The minimum Gasteiger partial charge on any atom is -0.492 e. The molecule has 0 saturated heterocycles. The number of carbonyl (C=O) groups is 2. The number of Topliss-reactive ketones (excluding diaryl/α,β-unsaturated/α-hetero) is 2. The molecule has 0 aliphatic carbocycles. The second-order valence-corrected chi connectivity index (χ2v) is 13.0. The van der Waals surface area contributed by atoms with E-state index >= 15 is 0 Å². The predicted octanol–water partition coefficient (Wildman–Crippen LogP) is 10.6. The van der Waals surface area contributed by atoms with Crippen molar-refractivity contribution in [3.8, 4) is 11.5 Å². The molecule has 0 radical (unpaired) electrons. The lowest BCUT2D eigenvalue weighted by atomic mass is 10.1. The van der Waals surface area contributed by atoms with Crippen molar-refractivity contribution in [1.82, 2.24) is 0 Å². The van der Waals surface area contributed by atoms with E-state index in [4.69, 9.17) is 32.7 Å². The zero-order chi connectivity index (χ0) is 27.9. The van der Waals surface area contributed by atoms with Gasteiger partial charge in [0.05, 0.1) is 32.6 Å². The number of allylic oxidation sites excluding steroid dienone is 2. The Balaban J connectivity index is 1.46. The molecule has 0 aromatic heterocycles. The van der Waals surface area contributed by atoms with Crippen molar-refractivity contribution < 1.29 is 19.1 Å². The molecule has 0 amide bonds. The number of halogens is 2. The molecule has 0 unspecified atom stereocenters. The Hall–Kier alpha value is -1.60. The fourth-order valence-electron chi connectivity index (χ4n) is 4.67. The number of hydrogen-bond donors (Lipinski definition) is 0. The fourth-order valence-corrected chi connectivity index (χ4v) is 7.42. The number of hydrogen-bond acceptors (Lipinski definition) is 6. The smallest absolute Gasteiger partial charge is 0.202 e. The summed E-state index contributed by atoms with van der Waals surface area (Å²) in [5.41, 5.74) is 1.01. The summed E-state index contributed by atoms with van der Waals surface area (Å²) < 4.78 is 12.1. The van der Waals surface area contributed by atoms with Gasteiger partial charge in [0.2, 0.25) is 11.6 Å². The molecule has 4 nitrogen and oxygen atoms in total. The minimum atomic E-state index is -0.186. The molecule has 4 rings (SSSR count). The van der Waals surface area contributed by atoms with E-state index in [0.29, 0.717) is 49.1 Å². The van der Waals surface area contributed by atoms with E-state index in [0.717, 1.165) is 35.5 Å². The standard InChI is InChI=1S/C31H36Cl2O4S2/c1-4-6-8-10-12-14-36-24-17-26-20(15-22(24)32)28(34)30(38-26)31-29(35)21-16-23(33)25(18-27(21)39-31)37-19(3)13-11-9-7-5-2/h15-19H,4-14H2,1-3H3/b31-30-/t19-/m1/s1.